The molecular weight excluding hydrogens is 460 g/mol. The normalized spacial score (nSPS) is 11.8. The molecule has 0 heterocycles. The maximum Gasteiger partial charge on any atom is 0.248 e. The number of carbonyl (C=O) groups is 1. The molecule has 1 amide bonds. The third kappa shape index (κ3) is 9.30. The summed E-state index contributed by atoms with van der Waals surface area (Å²) in [6, 6.07) is 23.4. The second kappa shape index (κ2) is 12.7. The number of methoxy groups -OCH3 is 1. The van der Waals surface area contributed by atoms with Gasteiger partial charge in [0.25, 0.3) is 0 Å². The lowest BCUT2D eigenvalue weighted by molar-refractivity contribution is -0.111. The Morgan fingerprint density at radius 1 is 1.00 bits per heavy atom. The molecule has 0 aliphatic carbocycles. The van der Waals surface area contributed by atoms with E-state index in [1.54, 1.807) is 27.0 Å². The predicted molar refractivity (Wildman–Crippen MR) is 144 cm³/mol. The first-order valence-corrected chi connectivity index (χ1v) is 12.0. The fourth-order valence-corrected chi connectivity index (χ4v) is 3.84. The van der Waals surface area contributed by atoms with Crippen LogP contribution in [0.1, 0.15) is 25.0 Å². The van der Waals surface area contributed by atoms with Gasteiger partial charge < -0.3 is 15.2 Å². The van der Waals surface area contributed by atoms with Crippen molar-refractivity contribution in [2.24, 2.45) is 0 Å². The minimum Gasteiger partial charge on any atom is -0.389 e. The molecule has 3 aromatic carbocycles. The minimum absolute atomic E-state index is 0.191. The first-order valence-electron chi connectivity index (χ1n) is 11.6. The minimum atomic E-state index is -0.778. The Balaban J connectivity index is 1.54. The quantitative estimate of drug-likeness (QED) is 0.328. The molecule has 0 atom stereocenters. The van der Waals surface area contributed by atoms with Crippen LogP contribution in [0.3, 0.4) is 0 Å². The van der Waals surface area contributed by atoms with Gasteiger partial charge in [-0.1, -0.05) is 60.1 Å². The number of nitrogens with one attached hydrogen (secondary N) is 1. The van der Waals surface area contributed by atoms with E-state index in [0.29, 0.717) is 24.7 Å². The van der Waals surface area contributed by atoms with Gasteiger partial charge in [0.15, 0.2) is 0 Å². The van der Waals surface area contributed by atoms with Crippen LogP contribution in [0.4, 0.5) is 5.69 Å². The highest BCUT2D eigenvalue weighted by Gasteiger charge is 2.18. The predicted octanol–water partition coefficient (Wildman–Crippen LogP) is 5.88. The van der Waals surface area contributed by atoms with E-state index in [1.807, 2.05) is 72.8 Å². The number of ether oxygens (including phenoxy) is 1. The lowest BCUT2D eigenvalue weighted by Crippen LogP contribution is -2.39. The van der Waals surface area contributed by atoms with Crippen LogP contribution in [0.25, 0.3) is 17.2 Å². The van der Waals surface area contributed by atoms with E-state index in [2.05, 4.69) is 10.2 Å². The third-order valence-electron chi connectivity index (χ3n) is 5.37. The zero-order valence-corrected chi connectivity index (χ0v) is 21.3. The number of rotatable bonds is 11. The number of benzene rings is 3. The number of anilines is 1. The van der Waals surface area contributed by atoms with Gasteiger partial charge in [-0.05, 0) is 66.4 Å². The first-order chi connectivity index (χ1) is 16.7. The monoisotopic (exact) mass is 492 g/mol. The maximum absolute atomic E-state index is 12.4. The van der Waals surface area contributed by atoms with Crippen LogP contribution in [-0.2, 0) is 16.1 Å². The molecule has 0 aromatic heterocycles. The summed E-state index contributed by atoms with van der Waals surface area (Å²) in [6.45, 7) is 6.22. The summed E-state index contributed by atoms with van der Waals surface area (Å²) in [5.41, 5.74) is 4.15. The van der Waals surface area contributed by atoms with Crippen molar-refractivity contribution >= 4 is 29.3 Å². The van der Waals surface area contributed by atoms with Gasteiger partial charge in [-0.15, -0.1) is 0 Å². The smallest absolute Gasteiger partial charge is 0.248 e. The Hall–Kier alpha value is -2.96. The molecule has 35 heavy (non-hydrogen) atoms. The molecule has 2 N–H and O–H groups in total. The van der Waals surface area contributed by atoms with Crippen LogP contribution in [0.15, 0.2) is 78.9 Å². The van der Waals surface area contributed by atoms with Gasteiger partial charge in [-0.25, -0.2) is 0 Å². The van der Waals surface area contributed by atoms with Crippen LogP contribution in [-0.4, -0.2) is 48.3 Å². The summed E-state index contributed by atoms with van der Waals surface area (Å²) in [7, 11) is 1.68. The van der Waals surface area contributed by atoms with Gasteiger partial charge in [0.1, 0.15) is 0 Å². The Morgan fingerprint density at radius 2 is 1.60 bits per heavy atom. The number of nitrogens with zero attached hydrogens (tertiary/aromatic N) is 1. The number of amides is 1. The van der Waals surface area contributed by atoms with Crippen molar-refractivity contribution in [2.45, 2.75) is 26.0 Å². The Labute approximate surface area is 213 Å². The highest BCUT2D eigenvalue weighted by Crippen LogP contribution is 2.23. The van der Waals surface area contributed by atoms with Crippen molar-refractivity contribution in [1.82, 2.24) is 4.90 Å². The second-order valence-corrected chi connectivity index (χ2v) is 9.60. The van der Waals surface area contributed by atoms with Crippen molar-refractivity contribution in [3.63, 3.8) is 0 Å². The van der Waals surface area contributed by atoms with Crippen molar-refractivity contribution in [3.05, 3.63) is 95.0 Å². The van der Waals surface area contributed by atoms with Crippen LogP contribution in [0.5, 0.6) is 0 Å². The summed E-state index contributed by atoms with van der Waals surface area (Å²) >= 11 is 5.95. The molecule has 184 valence electrons. The summed E-state index contributed by atoms with van der Waals surface area (Å²) in [4.78, 5) is 14.5. The van der Waals surface area contributed by atoms with Crippen LogP contribution in [0, 0.1) is 0 Å². The number of hydrogen-bond acceptors (Lipinski definition) is 4. The number of hydrogen-bond donors (Lipinski definition) is 2. The van der Waals surface area contributed by atoms with E-state index in [0.717, 1.165) is 34.5 Å². The van der Waals surface area contributed by atoms with Gasteiger partial charge in [-0.3, -0.25) is 9.69 Å². The zero-order chi connectivity index (χ0) is 25.3. The number of carbonyl (C=O) groups excluding carboxylic acids is 1. The number of halogens is 1. The zero-order valence-electron chi connectivity index (χ0n) is 20.5. The molecular formula is C29H33ClN2O3. The van der Waals surface area contributed by atoms with E-state index in [1.165, 1.54) is 6.08 Å². The standard InChI is InChI=1S/C29H33ClN2O3/c1-29(2,34)21-32(18-19-35-3)20-23-6-4-22(5-7-23)8-17-28(33)31-27-15-11-25(12-16-27)24-9-13-26(30)14-10-24/h4-17,34H,18-21H2,1-3H3,(H,31,33). The van der Waals surface area contributed by atoms with Gasteiger partial charge in [-0.2, -0.15) is 0 Å². The molecule has 0 unspecified atom stereocenters. The van der Waals surface area contributed by atoms with Crippen molar-refractivity contribution < 1.29 is 14.6 Å². The molecule has 0 bridgehead atoms. The Kier molecular flexibility index (Phi) is 9.64. The summed E-state index contributed by atoms with van der Waals surface area (Å²) in [5, 5.41) is 13.8. The molecule has 0 saturated carbocycles. The second-order valence-electron chi connectivity index (χ2n) is 9.16. The average Bonchev–Trinajstić information content (AvgIpc) is 2.82. The third-order valence-corrected chi connectivity index (χ3v) is 5.62. The van der Waals surface area contributed by atoms with Crippen molar-refractivity contribution in [2.75, 3.05) is 32.1 Å². The highest BCUT2D eigenvalue weighted by atomic mass is 35.5. The van der Waals surface area contributed by atoms with E-state index in [4.69, 9.17) is 16.3 Å². The first kappa shape index (κ1) is 26.6. The van der Waals surface area contributed by atoms with E-state index >= 15 is 0 Å². The molecule has 0 aliphatic rings. The molecule has 3 rings (SSSR count). The largest absolute Gasteiger partial charge is 0.389 e. The SMILES string of the molecule is COCCN(Cc1ccc(C=CC(=O)Nc2ccc(-c3ccc(Cl)cc3)cc2)cc1)CC(C)(C)O. The van der Waals surface area contributed by atoms with Gasteiger partial charge in [0, 0.05) is 43.5 Å². The lowest BCUT2D eigenvalue weighted by Gasteiger charge is -2.28. The van der Waals surface area contributed by atoms with E-state index < -0.39 is 5.60 Å². The highest BCUT2D eigenvalue weighted by molar-refractivity contribution is 6.30. The molecule has 0 radical (unpaired) electrons. The summed E-state index contributed by atoms with van der Waals surface area (Å²) < 4.78 is 5.20. The molecule has 0 spiro atoms. The molecule has 6 heteroatoms. The van der Waals surface area contributed by atoms with Gasteiger partial charge in [0.05, 0.1) is 12.2 Å². The van der Waals surface area contributed by atoms with E-state index in [-0.39, 0.29) is 5.91 Å². The van der Waals surface area contributed by atoms with Crippen molar-refractivity contribution in [3.8, 4) is 11.1 Å². The Morgan fingerprint density at radius 3 is 2.17 bits per heavy atom. The topological polar surface area (TPSA) is 61.8 Å². The Bertz CT molecular complexity index is 1100. The van der Waals surface area contributed by atoms with Crippen LogP contribution < -0.4 is 5.32 Å². The maximum atomic E-state index is 12.4. The van der Waals surface area contributed by atoms with E-state index in [9.17, 15) is 9.90 Å². The summed E-state index contributed by atoms with van der Waals surface area (Å²) in [6.07, 6.45) is 3.32. The molecule has 0 aliphatic heterocycles. The van der Waals surface area contributed by atoms with Crippen LogP contribution >= 0.6 is 11.6 Å². The lowest BCUT2D eigenvalue weighted by atomic mass is 10.1. The van der Waals surface area contributed by atoms with Crippen molar-refractivity contribution in [1.29, 1.82) is 0 Å². The molecule has 3 aromatic rings. The molecule has 0 saturated heterocycles. The molecule has 0 fully saturated rings. The van der Waals surface area contributed by atoms with Gasteiger partial charge in [0.2, 0.25) is 5.91 Å². The number of aliphatic hydroxyl groups is 1. The van der Waals surface area contributed by atoms with Crippen LogP contribution in [0.2, 0.25) is 5.02 Å². The van der Waals surface area contributed by atoms with Gasteiger partial charge >= 0.3 is 0 Å². The fourth-order valence-electron chi connectivity index (χ4n) is 3.72. The average molecular weight is 493 g/mol. The fraction of sp³-hybridized carbons (Fsp3) is 0.276. The summed E-state index contributed by atoms with van der Waals surface area (Å²) in [5.74, 6) is -0.191. The molecule has 5 nitrogen and oxygen atoms in total.